The van der Waals surface area contributed by atoms with Gasteiger partial charge in [-0.05, 0) is 57.7 Å². The molecule has 1 aromatic carbocycles. The van der Waals surface area contributed by atoms with Crippen LogP contribution in [0.25, 0.3) is 0 Å². The predicted molar refractivity (Wildman–Crippen MR) is 93.2 cm³/mol. The highest BCUT2D eigenvalue weighted by Crippen LogP contribution is 2.18. The summed E-state index contributed by atoms with van der Waals surface area (Å²) in [6.45, 7) is 3.33. The van der Waals surface area contributed by atoms with Crippen molar-refractivity contribution >= 4 is 18.3 Å². The van der Waals surface area contributed by atoms with E-state index in [4.69, 9.17) is 0 Å². The Hall–Kier alpha value is -1.24. The highest BCUT2D eigenvalue weighted by Gasteiger charge is 2.26. The van der Waals surface area contributed by atoms with E-state index in [1.54, 1.807) is 4.90 Å². The standard InChI is InChI=1S/C17H25F2N3O.ClH/c1-21(2)9-10-22(17(23)14-5-7-20-8-6-14)12-13-3-4-15(18)16(19)11-13;/h3-4,11,14,20H,5-10,12H2,1-2H3;1H. The number of likely N-dealkylation sites (N-methyl/N-ethyl adjacent to an activating group) is 1. The van der Waals surface area contributed by atoms with Crippen molar-refractivity contribution in [2.45, 2.75) is 19.4 Å². The van der Waals surface area contributed by atoms with Crippen molar-refractivity contribution in [3.8, 4) is 0 Å². The summed E-state index contributed by atoms with van der Waals surface area (Å²) in [5.74, 6) is -1.61. The van der Waals surface area contributed by atoms with Crippen LogP contribution in [0, 0.1) is 17.6 Å². The van der Waals surface area contributed by atoms with Gasteiger partial charge in [-0.3, -0.25) is 4.79 Å². The SMILES string of the molecule is CN(C)CCN(Cc1ccc(F)c(F)c1)C(=O)C1CCNCC1.Cl. The van der Waals surface area contributed by atoms with E-state index in [1.807, 2.05) is 19.0 Å². The minimum absolute atomic E-state index is 0. The predicted octanol–water partition coefficient (Wildman–Crippen LogP) is 2.28. The number of nitrogens with one attached hydrogen (secondary N) is 1. The third-order valence-corrected chi connectivity index (χ3v) is 4.17. The van der Waals surface area contributed by atoms with Crippen LogP contribution in [-0.2, 0) is 11.3 Å². The summed E-state index contributed by atoms with van der Waals surface area (Å²) in [5.41, 5.74) is 0.616. The lowest BCUT2D eigenvalue weighted by Gasteiger charge is -2.30. The van der Waals surface area contributed by atoms with Gasteiger partial charge in [0.1, 0.15) is 0 Å². The summed E-state index contributed by atoms with van der Waals surface area (Å²) in [6, 6.07) is 3.83. The van der Waals surface area contributed by atoms with Crippen molar-refractivity contribution in [2.75, 3.05) is 40.3 Å². The first kappa shape index (κ1) is 20.8. The van der Waals surface area contributed by atoms with Gasteiger partial charge in [-0.1, -0.05) is 6.07 Å². The van der Waals surface area contributed by atoms with E-state index in [0.717, 1.165) is 38.5 Å². The summed E-state index contributed by atoms with van der Waals surface area (Å²) < 4.78 is 26.5. The number of hydrogen-bond acceptors (Lipinski definition) is 3. The summed E-state index contributed by atoms with van der Waals surface area (Å²) in [6.07, 6.45) is 1.66. The second-order valence-electron chi connectivity index (χ2n) is 6.34. The van der Waals surface area contributed by atoms with Gasteiger partial charge >= 0.3 is 0 Å². The molecule has 1 aliphatic rings. The zero-order valence-corrected chi connectivity index (χ0v) is 15.0. The van der Waals surface area contributed by atoms with Gasteiger partial charge in [0, 0.05) is 25.6 Å². The maximum absolute atomic E-state index is 13.4. The lowest BCUT2D eigenvalue weighted by atomic mass is 9.96. The molecule has 4 nitrogen and oxygen atoms in total. The summed E-state index contributed by atoms with van der Waals surface area (Å²) >= 11 is 0. The van der Waals surface area contributed by atoms with Crippen molar-refractivity contribution in [1.29, 1.82) is 0 Å². The molecule has 0 spiro atoms. The van der Waals surface area contributed by atoms with Crippen LogP contribution in [0.2, 0.25) is 0 Å². The van der Waals surface area contributed by atoms with E-state index in [2.05, 4.69) is 5.32 Å². The highest BCUT2D eigenvalue weighted by molar-refractivity contribution is 5.85. The molecule has 24 heavy (non-hydrogen) atoms. The Labute approximate surface area is 148 Å². The lowest BCUT2D eigenvalue weighted by Crippen LogP contribution is -2.43. The maximum atomic E-state index is 13.4. The second-order valence-corrected chi connectivity index (χ2v) is 6.34. The number of amides is 1. The number of piperidine rings is 1. The van der Waals surface area contributed by atoms with Crippen molar-refractivity contribution in [2.24, 2.45) is 5.92 Å². The molecule has 1 heterocycles. The van der Waals surface area contributed by atoms with Crippen LogP contribution in [0.3, 0.4) is 0 Å². The van der Waals surface area contributed by atoms with Gasteiger partial charge in [-0.15, -0.1) is 12.4 Å². The molecular formula is C17H26ClF2N3O. The fourth-order valence-electron chi connectivity index (χ4n) is 2.77. The van der Waals surface area contributed by atoms with Crippen LogP contribution in [0.1, 0.15) is 18.4 Å². The summed E-state index contributed by atoms with van der Waals surface area (Å²) in [7, 11) is 3.90. The molecule has 7 heteroatoms. The highest BCUT2D eigenvalue weighted by atomic mass is 35.5. The molecule has 2 rings (SSSR count). The fourth-order valence-corrected chi connectivity index (χ4v) is 2.77. The third kappa shape index (κ3) is 6.00. The molecule has 0 saturated carbocycles. The van der Waals surface area contributed by atoms with Crippen molar-refractivity contribution in [3.63, 3.8) is 0 Å². The number of nitrogens with zero attached hydrogens (tertiary/aromatic N) is 2. The van der Waals surface area contributed by atoms with E-state index >= 15 is 0 Å². The molecule has 1 N–H and O–H groups in total. The van der Waals surface area contributed by atoms with E-state index in [9.17, 15) is 13.6 Å². The van der Waals surface area contributed by atoms with Gasteiger partial charge in [0.05, 0.1) is 0 Å². The Morgan fingerprint density at radius 3 is 2.42 bits per heavy atom. The van der Waals surface area contributed by atoms with Crippen LogP contribution in [0.5, 0.6) is 0 Å². The second kappa shape index (κ2) is 9.91. The quantitative estimate of drug-likeness (QED) is 0.844. The number of carbonyl (C=O) groups excluding carboxylic acids is 1. The fraction of sp³-hybridized carbons (Fsp3) is 0.588. The van der Waals surface area contributed by atoms with Crippen molar-refractivity contribution < 1.29 is 13.6 Å². The maximum Gasteiger partial charge on any atom is 0.226 e. The Balaban J connectivity index is 0.00000288. The number of hydrogen-bond donors (Lipinski definition) is 1. The Kier molecular flexibility index (Phi) is 8.59. The normalized spacial score (nSPS) is 15.2. The number of carbonyl (C=O) groups is 1. The molecule has 0 aliphatic carbocycles. The van der Waals surface area contributed by atoms with E-state index in [1.165, 1.54) is 12.1 Å². The monoisotopic (exact) mass is 361 g/mol. The van der Waals surface area contributed by atoms with Crippen LogP contribution in [0.15, 0.2) is 18.2 Å². The lowest BCUT2D eigenvalue weighted by molar-refractivity contribution is -0.137. The molecule has 1 aromatic rings. The van der Waals surface area contributed by atoms with Crippen molar-refractivity contribution in [1.82, 2.24) is 15.1 Å². The first-order chi connectivity index (χ1) is 11.0. The van der Waals surface area contributed by atoms with Gasteiger partial charge in [0.25, 0.3) is 0 Å². The van der Waals surface area contributed by atoms with Gasteiger partial charge in [-0.2, -0.15) is 0 Å². The molecule has 136 valence electrons. The van der Waals surface area contributed by atoms with Gasteiger partial charge in [-0.25, -0.2) is 8.78 Å². The molecule has 0 unspecified atom stereocenters. The van der Waals surface area contributed by atoms with Crippen LogP contribution >= 0.6 is 12.4 Å². The molecule has 0 aromatic heterocycles. The minimum Gasteiger partial charge on any atom is -0.337 e. The minimum atomic E-state index is -0.871. The Morgan fingerprint density at radius 2 is 1.83 bits per heavy atom. The van der Waals surface area contributed by atoms with E-state index in [-0.39, 0.29) is 24.2 Å². The number of halogens is 3. The third-order valence-electron chi connectivity index (χ3n) is 4.17. The largest absolute Gasteiger partial charge is 0.337 e. The zero-order chi connectivity index (χ0) is 16.8. The van der Waals surface area contributed by atoms with Gasteiger partial charge < -0.3 is 15.1 Å². The van der Waals surface area contributed by atoms with Crippen LogP contribution < -0.4 is 5.32 Å². The van der Waals surface area contributed by atoms with Crippen molar-refractivity contribution in [3.05, 3.63) is 35.4 Å². The Morgan fingerprint density at radius 1 is 1.17 bits per heavy atom. The molecule has 0 bridgehead atoms. The average molecular weight is 362 g/mol. The topological polar surface area (TPSA) is 35.6 Å². The summed E-state index contributed by atoms with van der Waals surface area (Å²) in [4.78, 5) is 16.6. The smallest absolute Gasteiger partial charge is 0.226 e. The molecule has 0 atom stereocenters. The molecule has 1 amide bonds. The Bertz CT molecular complexity index is 537. The molecule has 1 saturated heterocycles. The number of rotatable bonds is 6. The molecular weight excluding hydrogens is 336 g/mol. The first-order valence-electron chi connectivity index (χ1n) is 8.05. The molecule has 1 fully saturated rings. The van der Waals surface area contributed by atoms with Crippen LogP contribution in [-0.4, -0.2) is 56.0 Å². The number of benzene rings is 1. The summed E-state index contributed by atoms with van der Waals surface area (Å²) in [5, 5.41) is 3.25. The van der Waals surface area contributed by atoms with Crippen LogP contribution in [0.4, 0.5) is 8.78 Å². The van der Waals surface area contributed by atoms with E-state index < -0.39 is 11.6 Å². The first-order valence-corrected chi connectivity index (χ1v) is 8.05. The van der Waals surface area contributed by atoms with Gasteiger partial charge in [0.15, 0.2) is 11.6 Å². The molecule has 0 radical (unpaired) electrons. The zero-order valence-electron chi connectivity index (χ0n) is 14.2. The molecule has 1 aliphatic heterocycles. The van der Waals surface area contributed by atoms with Gasteiger partial charge in [0.2, 0.25) is 5.91 Å². The van der Waals surface area contributed by atoms with E-state index in [0.29, 0.717) is 18.7 Å². The average Bonchev–Trinajstić information content (AvgIpc) is 2.54.